The van der Waals surface area contributed by atoms with E-state index < -0.39 is 17.8 Å². The number of ketones is 1. The first-order valence-electron chi connectivity index (χ1n) is 14.3. The molecule has 0 aliphatic rings. The molecule has 0 radical (unpaired) electrons. The Hall–Kier alpha value is -5.28. The van der Waals surface area contributed by atoms with Crippen molar-refractivity contribution in [2.45, 2.75) is 12.5 Å². The number of nitrogens with zero attached hydrogens (tertiary/aromatic N) is 1. The van der Waals surface area contributed by atoms with Crippen LogP contribution in [-0.2, 0) is 16.0 Å². The van der Waals surface area contributed by atoms with Gasteiger partial charge in [-0.15, -0.1) is 11.3 Å². The maximum absolute atomic E-state index is 14.6. The maximum Gasteiger partial charge on any atom is 0.328 e. The molecule has 45 heavy (non-hydrogen) atoms. The van der Waals surface area contributed by atoms with Crippen LogP contribution in [0.25, 0.3) is 0 Å². The summed E-state index contributed by atoms with van der Waals surface area (Å²) in [5.74, 6) is -0.873. The molecule has 1 atom stereocenters. The molecule has 0 aliphatic heterocycles. The standard InChI is InChI=1S/C36H31FN2O5S/c1-43-36(42)31(38-30-14-7-5-12-28(30)34(40)26-10-3-2-4-11-26)24-25-17-19-27(20-18-25)44-22-21-39(32-15-8-6-13-29(32)37)35(41)33-16-9-23-45-33/h2-20,23,31,38H,21-22,24H2,1H3/t31-/m0/s1. The first kappa shape index (κ1) is 31.2. The van der Waals surface area contributed by atoms with Gasteiger partial charge in [0, 0.05) is 23.2 Å². The number of esters is 1. The number of carbonyl (C=O) groups excluding carboxylic acids is 3. The number of para-hydroxylation sites is 2. The second kappa shape index (κ2) is 14.9. The average Bonchev–Trinajstić information content (AvgIpc) is 3.63. The Bertz CT molecular complexity index is 1740. The van der Waals surface area contributed by atoms with Crippen molar-refractivity contribution in [1.82, 2.24) is 0 Å². The highest BCUT2D eigenvalue weighted by atomic mass is 32.1. The molecule has 228 valence electrons. The van der Waals surface area contributed by atoms with E-state index in [4.69, 9.17) is 9.47 Å². The summed E-state index contributed by atoms with van der Waals surface area (Å²) in [5.41, 5.74) is 2.53. The fraction of sp³-hybridized carbons (Fsp3) is 0.139. The lowest BCUT2D eigenvalue weighted by molar-refractivity contribution is -0.141. The van der Waals surface area contributed by atoms with Crippen LogP contribution >= 0.6 is 11.3 Å². The van der Waals surface area contributed by atoms with Crippen LogP contribution < -0.4 is 15.0 Å². The molecule has 7 nitrogen and oxygen atoms in total. The first-order valence-corrected chi connectivity index (χ1v) is 15.2. The molecule has 0 bridgehead atoms. The summed E-state index contributed by atoms with van der Waals surface area (Å²) in [6.07, 6.45) is 0.289. The van der Waals surface area contributed by atoms with E-state index in [-0.39, 0.29) is 37.0 Å². The number of nitrogens with one attached hydrogen (secondary N) is 1. The number of benzene rings is 4. The van der Waals surface area contributed by atoms with E-state index >= 15 is 0 Å². The fourth-order valence-corrected chi connectivity index (χ4v) is 5.49. The Balaban J connectivity index is 1.25. The largest absolute Gasteiger partial charge is 0.492 e. The minimum Gasteiger partial charge on any atom is -0.492 e. The Morgan fingerprint density at radius 1 is 0.844 bits per heavy atom. The predicted octanol–water partition coefficient (Wildman–Crippen LogP) is 7.04. The number of thiophene rings is 1. The molecule has 0 aliphatic carbocycles. The van der Waals surface area contributed by atoms with E-state index in [1.165, 1.54) is 29.4 Å². The molecule has 1 heterocycles. The maximum atomic E-state index is 14.6. The number of halogens is 1. The van der Waals surface area contributed by atoms with Crippen LogP contribution in [0.5, 0.6) is 5.75 Å². The average molecular weight is 623 g/mol. The highest BCUT2D eigenvalue weighted by Crippen LogP contribution is 2.24. The fourth-order valence-electron chi connectivity index (χ4n) is 4.82. The number of anilines is 2. The van der Waals surface area contributed by atoms with E-state index in [9.17, 15) is 18.8 Å². The summed E-state index contributed by atoms with van der Waals surface area (Å²) in [4.78, 5) is 41.0. The zero-order valence-corrected chi connectivity index (χ0v) is 25.3. The normalized spacial score (nSPS) is 11.3. The Kier molecular flexibility index (Phi) is 10.3. The van der Waals surface area contributed by atoms with Gasteiger partial charge in [-0.2, -0.15) is 0 Å². The lowest BCUT2D eigenvalue weighted by Crippen LogP contribution is -2.35. The van der Waals surface area contributed by atoms with Crippen molar-refractivity contribution in [1.29, 1.82) is 0 Å². The zero-order chi connectivity index (χ0) is 31.6. The molecule has 0 saturated heterocycles. The zero-order valence-electron chi connectivity index (χ0n) is 24.5. The van der Waals surface area contributed by atoms with Gasteiger partial charge >= 0.3 is 5.97 Å². The van der Waals surface area contributed by atoms with Crippen LogP contribution in [0.15, 0.2) is 121 Å². The second-order valence-corrected chi connectivity index (χ2v) is 11.0. The van der Waals surface area contributed by atoms with Crippen molar-refractivity contribution in [3.63, 3.8) is 0 Å². The van der Waals surface area contributed by atoms with E-state index in [2.05, 4.69) is 5.32 Å². The summed E-state index contributed by atoms with van der Waals surface area (Å²) in [6, 6.07) is 32.1. The predicted molar refractivity (Wildman–Crippen MR) is 174 cm³/mol. The molecular formula is C36H31FN2O5S. The Morgan fingerprint density at radius 3 is 2.27 bits per heavy atom. The number of amides is 1. The minimum atomic E-state index is -0.760. The van der Waals surface area contributed by atoms with Crippen LogP contribution in [0.4, 0.5) is 15.8 Å². The van der Waals surface area contributed by atoms with Crippen LogP contribution in [0.1, 0.15) is 31.2 Å². The van der Waals surface area contributed by atoms with E-state index in [0.717, 1.165) is 5.56 Å². The third-order valence-corrected chi connectivity index (χ3v) is 7.95. The van der Waals surface area contributed by atoms with E-state index in [1.807, 2.05) is 18.2 Å². The first-order chi connectivity index (χ1) is 21.9. The Labute approximate surface area is 264 Å². The van der Waals surface area contributed by atoms with Gasteiger partial charge in [0.1, 0.15) is 24.2 Å². The quantitative estimate of drug-likeness (QED) is 0.112. The number of hydrogen-bond donors (Lipinski definition) is 1. The number of rotatable bonds is 13. The molecule has 0 fully saturated rings. The van der Waals surface area contributed by atoms with Gasteiger partial charge in [-0.05, 0) is 53.4 Å². The van der Waals surface area contributed by atoms with Crippen molar-refractivity contribution in [2.75, 3.05) is 30.5 Å². The molecule has 0 unspecified atom stereocenters. The monoisotopic (exact) mass is 622 g/mol. The topological polar surface area (TPSA) is 84.9 Å². The van der Waals surface area contributed by atoms with Crippen molar-refractivity contribution in [3.8, 4) is 5.75 Å². The van der Waals surface area contributed by atoms with Crippen molar-refractivity contribution >= 4 is 40.4 Å². The van der Waals surface area contributed by atoms with Crippen LogP contribution in [0.3, 0.4) is 0 Å². The third-order valence-electron chi connectivity index (χ3n) is 7.09. The van der Waals surface area contributed by atoms with E-state index in [0.29, 0.717) is 27.4 Å². The molecule has 4 aromatic carbocycles. The summed E-state index contributed by atoms with van der Waals surface area (Å²) < 4.78 is 25.6. The number of carbonyl (C=O) groups is 3. The number of methoxy groups -OCH3 is 1. The van der Waals surface area contributed by atoms with Gasteiger partial charge < -0.3 is 19.7 Å². The minimum absolute atomic E-state index is 0.128. The highest BCUT2D eigenvalue weighted by molar-refractivity contribution is 7.12. The Morgan fingerprint density at radius 2 is 1.56 bits per heavy atom. The SMILES string of the molecule is COC(=O)[C@H](Cc1ccc(OCCN(C(=O)c2cccs2)c2ccccc2F)cc1)Nc1ccccc1C(=O)c1ccccc1. The van der Waals surface area contributed by atoms with Crippen molar-refractivity contribution in [2.24, 2.45) is 0 Å². The summed E-state index contributed by atoms with van der Waals surface area (Å²) in [6.45, 7) is 0.262. The molecule has 0 saturated carbocycles. The van der Waals surface area contributed by atoms with Crippen LogP contribution in [0, 0.1) is 5.82 Å². The second-order valence-electron chi connectivity index (χ2n) is 10.0. The molecule has 9 heteroatoms. The summed E-state index contributed by atoms with van der Waals surface area (Å²) >= 11 is 1.29. The number of ether oxygens (including phenoxy) is 2. The number of hydrogen-bond acceptors (Lipinski definition) is 7. The van der Waals surface area contributed by atoms with Crippen LogP contribution in [0.2, 0.25) is 0 Å². The van der Waals surface area contributed by atoms with E-state index in [1.54, 1.807) is 96.4 Å². The molecule has 0 spiro atoms. The van der Waals surface area contributed by atoms with Crippen LogP contribution in [-0.4, -0.2) is 44.0 Å². The van der Waals surface area contributed by atoms with Crippen molar-refractivity contribution < 1.29 is 28.2 Å². The highest BCUT2D eigenvalue weighted by Gasteiger charge is 2.23. The lowest BCUT2D eigenvalue weighted by Gasteiger charge is -2.23. The van der Waals surface area contributed by atoms with Crippen molar-refractivity contribution in [3.05, 3.63) is 148 Å². The molecule has 1 amide bonds. The van der Waals surface area contributed by atoms with Gasteiger partial charge in [-0.25, -0.2) is 9.18 Å². The lowest BCUT2D eigenvalue weighted by atomic mass is 10.00. The van der Waals surface area contributed by atoms with Gasteiger partial charge in [0.25, 0.3) is 5.91 Å². The molecule has 1 N–H and O–H groups in total. The smallest absolute Gasteiger partial charge is 0.328 e. The van der Waals surface area contributed by atoms with Gasteiger partial charge in [0.15, 0.2) is 5.78 Å². The van der Waals surface area contributed by atoms with Gasteiger partial charge in [0.2, 0.25) is 0 Å². The van der Waals surface area contributed by atoms with Gasteiger partial charge in [-0.3, -0.25) is 9.59 Å². The summed E-state index contributed by atoms with van der Waals surface area (Å²) in [7, 11) is 1.32. The molecule has 1 aromatic heterocycles. The summed E-state index contributed by atoms with van der Waals surface area (Å²) in [5, 5.41) is 5.01. The van der Waals surface area contributed by atoms with Gasteiger partial charge in [-0.1, -0.05) is 72.8 Å². The molecule has 5 aromatic rings. The molecule has 5 rings (SSSR count). The third kappa shape index (κ3) is 7.82. The van der Waals surface area contributed by atoms with Gasteiger partial charge in [0.05, 0.1) is 24.2 Å². The molecular weight excluding hydrogens is 591 g/mol.